The third-order valence-electron chi connectivity index (χ3n) is 6.36. The van der Waals surface area contributed by atoms with Gasteiger partial charge in [0, 0.05) is 44.5 Å². The van der Waals surface area contributed by atoms with Gasteiger partial charge in [0.05, 0.1) is 17.7 Å². The zero-order valence-electron chi connectivity index (χ0n) is 21.2. The Kier molecular flexibility index (Phi) is 8.26. The van der Waals surface area contributed by atoms with Crippen molar-refractivity contribution in [1.29, 1.82) is 10.5 Å². The molecule has 0 atom stereocenters. The molecular formula is C30H24BrN3O3S. The van der Waals surface area contributed by atoms with Gasteiger partial charge in [0.1, 0.15) is 17.0 Å². The predicted molar refractivity (Wildman–Crippen MR) is 152 cm³/mol. The first-order valence-corrected chi connectivity index (χ1v) is 13.6. The van der Waals surface area contributed by atoms with Crippen LogP contribution in [0.1, 0.15) is 49.4 Å². The van der Waals surface area contributed by atoms with E-state index in [0.717, 1.165) is 43.5 Å². The smallest absolute Gasteiger partial charge is 0.348 e. The number of nitriles is 2. The summed E-state index contributed by atoms with van der Waals surface area (Å²) in [7, 11) is 0. The highest BCUT2D eigenvalue weighted by Crippen LogP contribution is 2.32. The molecule has 8 heteroatoms. The van der Waals surface area contributed by atoms with Gasteiger partial charge in [0.15, 0.2) is 5.78 Å². The average molecular weight is 587 g/mol. The summed E-state index contributed by atoms with van der Waals surface area (Å²) in [5, 5.41) is 20.5. The van der Waals surface area contributed by atoms with Crippen LogP contribution in [-0.4, -0.2) is 22.9 Å². The molecule has 0 amide bonds. The molecule has 0 N–H and O–H groups in total. The molecule has 0 bridgehead atoms. The number of aromatic nitrogens is 1. The number of rotatable bonds is 8. The molecule has 2 aromatic carbocycles. The number of hydrogen-bond donors (Lipinski definition) is 0. The van der Waals surface area contributed by atoms with E-state index in [2.05, 4.69) is 44.8 Å². The maximum absolute atomic E-state index is 13.3. The second kappa shape index (κ2) is 11.6. The van der Waals surface area contributed by atoms with Gasteiger partial charge >= 0.3 is 5.97 Å². The summed E-state index contributed by atoms with van der Waals surface area (Å²) in [4.78, 5) is 26.3. The van der Waals surface area contributed by atoms with Crippen LogP contribution in [0.15, 0.2) is 58.6 Å². The highest BCUT2D eigenvalue weighted by atomic mass is 79.9. The van der Waals surface area contributed by atoms with Crippen molar-refractivity contribution in [3.05, 3.63) is 96.3 Å². The molecule has 2 heterocycles. The Morgan fingerprint density at radius 3 is 2.47 bits per heavy atom. The highest BCUT2D eigenvalue weighted by Gasteiger charge is 2.24. The van der Waals surface area contributed by atoms with E-state index in [-0.39, 0.29) is 24.2 Å². The first-order chi connectivity index (χ1) is 18.3. The van der Waals surface area contributed by atoms with Gasteiger partial charge < -0.3 is 9.30 Å². The number of para-hydroxylation sites is 1. The number of allylic oxidation sites excluding steroid dienone is 1. The summed E-state index contributed by atoms with van der Waals surface area (Å²) in [6.07, 6.45) is 1.49. The van der Waals surface area contributed by atoms with Crippen LogP contribution in [0.4, 0.5) is 0 Å². The summed E-state index contributed by atoms with van der Waals surface area (Å²) in [5.74, 6) is -0.930. The Labute approximate surface area is 233 Å². The number of Topliss-reactive ketones (excluding diaryl/α,β-unsaturated/α-hetero) is 1. The largest absolute Gasteiger partial charge is 0.462 e. The first-order valence-electron chi connectivity index (χ1n) is 12.0. The van der Waals surface area contributed by atoms with Gasteiger partial charge in [-0.2, -0.15) is 10.5 Å². The molecule has 0 spiro atoms. The number of ether oxygens (including phenoxy) is 1. The second-order valence-electron chi connectivity index (χ2n) is 8.69. The molecule has 0 aliphatic carbocycles. The summed E-state index contributed by atoms with van der Waals surface area (Å²) < 4.78 is 8.27. The number of carbonyl (C=O) groups excluding carboxylic acids is 2. The van der Waals surface area contributed by atoms with Gasteiger partial charge in [-0.05, 0) is 56.2 Å². The molecule has 2 aromatic heterocycles. The Morgan fingerprint density at radius 1 is 1.11 bits per heavy atom. The van der Waals surface area contributed by atoms with Crippen molar-refractivity contribution in [3.8, 4) is 12.1 Å². The molecule has 38 heavy (non-hydrogen) atoms. The maximum atomic E-state index is 13.3. The van der Waals surface area contributed by atoms with Gasteiger partial charge in [-0.3, -0.25) is 4.79 Å². The number of esters is 1. The Balaban J connectivity index is 1.72. The lowest BCUT2D eigenvalue weighted by Gasteiger charge is -2.09. The Hall–Kier alpha value is -3.98. The molecular weight excluding hydrogens is 562 g/mol. The lowest BCUT2D eigenvalue weighted by Crippen LogP contribution is -2.06. The second-order valence-corrected chi connectivity index (χ2v) is 10.7. The molecule has 4 aromatic rings. The van der Waals surface area contributed by atoms with E-state index in [1.807, 2.05) is 43.3 Å². The van der Waals surface area contributed by atoms with Crippen molar-refractivity contribution >= 4 is 56.0 Å². The number of hydrogen-bond acceptors (Lipinski definition) is 6. The number of halogens is 1. The monoisotopic (exact) mass is 585 g/mol. The lowest BCUT2D eigenvalue weighted by molar-refractivity contribution is -0.114. The van der Waals surface area contributed by atoms with Crippen LogP contribution in [0.25, 0.3) is 17.0 Å². The minimum atomic E-state index is -0.518. The van der Waals surface area contributed by atoms with Crippen LogP contribution >= 0.6 is 27.3 Å². The van der Waals surface area contributed by atoms with E-state index < -0.39 is 11.8 Å². The predicted octanol–water partition coefficient (Wildman–Crippen LogP) is 6.90. The number of fused-ring (bicyclic) bond motifs is 1. The molecule has 0 saturated heterocycles. The van der Waals surface area contributed by atoms with E-state index >= 15 is 0 Å². The van der Waals surface area contributed by atoms with E-state index in [9.17, 15) is 20.1 Å². The molecule has 4 rings (SSSR count). The minimum Gasteiger partial charge on any atom is -0.462 e. The van der Waals surface area contributed by atoms with Crippen molar-refractivity contribution in [3.63, 3.8) is 0 Å². The molecule has 0 aliphatic heterocycles. The minimum absolute atomic E-state index is 0.00716. The fourth-order valence-electron chi connectivity index (χ4n) is 4.41. The Bertz CT molecular complexity index is 1660. The molecule has 0 aliphatic rings. The van der Waals surface area contributed by atoms with Crippen molar-refractivity contribution in [2.24, 2.45) is 0 Å². The number of nitrogens with zero attached hydrogens (tertiary/aromatic N) is 3. The third kappa shape index (κ3) is 5.33. The van der Waals surface area contributed by atoms with Gasteiger partial charge in [-0.15, -0.1) is 11.3 Å². The molecule has 0 saturated carbocycles. The fraction of sp³-hybridized carbons (Fsp3) is 0.200. The summed E-state index contributed by atoms with van der Waals surface area (Å²) >= 11 is 4.54. The standard InChI is InChI=1S/C30H24BrN3O3S/c1-4-37-30(36)29-18(2)25(16-33)28(38-29)14-27(35)21(15-32)13-24-19(3)34(26-8-6-5-7-23(24)26)17-20-9-11-22(31)12-10-20/h5-13H,4,14,17H2,1-3H3/b21-13+. The first kappa shape index (κ1) is 27.1. The third-order valence-corrected chi connectivity index (χ3v) is 8.16. The molecule has 0 radical (unpaired) electrons. The van der Waals surface area contributed by atoms with Crippen molar-refractivity contribution in [1.82, 2.24) is 4.57 Å². The number of thiophene rings is 1. The van der Waals surface area contributed by atoms with E-state index in [1.54, 1.807) is 19.9 Å². The van der Waals surface area contributed by atoms with Crippen LogP contribution in [0.5, 0.6) is 0 Å². The van der Waals surface area contributed by atoms with Crippen LogP contribution < -0.4 is 0 Å². The quantitative estimate of drug-likeness (QED) is 0.127. The summed E-state index contributed by atoms with van der Waals surface area (Å²) in [6, 6.07) is 20.2. The van der Waals surface area contributed by atoms with Crippen LogP contribution in [-0.2, 0) is 22.5 Å². The molecule has 0 fully saturated rings. The van der Waals surface area contributed by atoms with E-state index in [1.165, 1.54) is 0 Å². The van der Waals surface area contributed by atoms with Crippen molar-refractivity contribution in [2.75, 3.05) is 6.61 Å². The molecule has 190 valence electrons. The topological polar surface area (TPSA) is 95.9 Å². The lowest BCUT2D eigenvalue weighted by atomic mass is 10.0. The van der Waals surface area contributed by atoms with Gasteiger partial charge in [-0.25, -0.2) is 4.79 Å². The summed E-state index contributed by atoms with van der Waals surface area (Å²) in [5.41, 5.74) is 4.63. The van der Waals surface area contributed by atoms with Gasteiger partial charge in [0.25, 0.3) is 0 Å². The SMILES string of the molecule is CCOC(=O)c1sc(CC(=O)/C(C#N)=C/c2c(C)n(Cc3ccc(Br)cc3)c3ccccc23)c(C#N)c1C. The average Bonchev–Trinajstić information content (AvgIpc) is 3.36. The zero-order chi connectivity index (χ0) is 27.4. The van der Waals surface area contributed by atoms with Crippen LogP contribution in [0, 0.1) is 36.5 Å². The molecule has 6 nitrogen and oxygen atoms in total. The maximum Gasteiger partial charge on any atom is 0.348 e. The normalized spacial score (nSPS) is 11.3. The van der Waals surface area contributed by atoms with Gasteiger partial charge in [0.2, 0.25) is 0 Å². The highest BCUT2D eigenvalue weighted by molar-refractivity contribution is 9.10. The van der Waals surface area contributed by atoms with E-state index in [4.69, 9.17) is 4.74 Å². The Morgan fingerprint density at radius 2 is 1.82 bits per heavy atom. The van der Waals surface area contributed by atoms with Crippen molar-refractivity contribution in [2.45, 2.75) is 33.7 Å². The van der Waals surface area contributed by atoms with Crippen LogP contribution in [0.3, 0.4) is 0 Å². The van der Waals surface area contributed by atoms with Gasteiger partial charge in [-0.1, -0.05) is 46.3 Å². The fourth-order valence-corrected chi connectivity index (χ4v) is 5.82. The molecule has 0 unspecified atom stereocenters. The number of carbonyl (C=O) groups is 2. The zero-order valence-corrected chi connectivity index (χ0v) is 23.6. The van der Waals surface area contributed by atoms with E-state index in [0.29, 0.717) is 21.9 Å². The van der Waals surface area contributed by atoms with Crippen molar-refractivity contribution < 1.29 is 14.3 Å². The van der Waals surface area contributed by atoms with Crippen LogP contribution in [0.2, 0.25) is 0 Å². The summed E-state index contributed by atoms with van der Waals surface area (Å²) in [6.45, 7) is 6.20. The number of benzene rings is 2. The number of ketones is 1.